The van der Waals surface area contributed by atoms with Crippen molar-refractivity contribution in [3.8, 4) is 0 Å². The van der Waals surface area contributed by atoms with Gasteiger partial charge in [-0.1, -0.05) is 37.3 Å². The van der Waals surface area contributed by atoms with Crippen molar-refractivity contribution < 1.29 is 4.79 Å². The minimum absolute atomic E-state index is 0. The second-order valence-corrected chi connectivity index (χ2v) is 4.93. The van der Waals surface area contributed by atoms with E-state index in [2.05, 4.69) is 24.4 Å². The molecule has 1 amide bonds. The van der Waals surface area contributed by atoms with Crippen LogP contribution in [0.2, 0.25) is 0 Å². The van der Waals surface area contributed by atoms with Crippen molar-refractivity contribution in [2.24, 2.45) is 0 Å². The fraction of sp³-hybridized carbons (Fsp3) is 0.533. The predicted molar refractivity (Wildman–Crippen MR) is 80.8 cm³/mol. The van der Waals surface area contributed by atoms with Crippen molar-refractivity contribution in [1.82, 2.24) is 10.2 Å². The Balaban J connectivity index is 0.00000180. The molecule has 0 radical (unpaired) electrons. The second-order valence-electron chi connectivity index (χ2n) is 4.93. The van der Waals surface area contributed by atoms with Gasteiger partial charge in [0.2, 0.25) is 5.91 Å². The van der Waals surface area contributed by atoms with Crippen LogP contribution >= 0.6 is 12.4 Å². The maximum absolute atomic E-state index is 12.5. The number of halogens is 1. The van der Waals surface area contributed by atoms with Gasteiger partial charge in [-0.05, 0) is 25.5 Å². The molecule has 0 spiro atoms. The van der Waals surface area contributed by atoms with Gasteiger partial charge in [-0.25, -0.2) is 0 Å². The zero-order chi connectivity index (χ0) is 13.0. The number of hydrogen-bond donors (Lipinski definition) is 1. The van der Waals surface area contributed by atoms with Crippen molar-refractivity contribution in [1.29, 1.82) is 0 Å². The topological polar surface area (TPSA) is 32.3 Å². The van der Waals surface area contributed by atoms with Crippen molar-refractivity contribution in [3.05, 3.63) is 35.9 Å². The second kappa shape index (κ2) is 7.51. The average molecular weight is 283 g/mol. The fourth-order valence-corrected chi connectivity index (χ4v) is 2.65. The number of carbonyl (C=O) groups excluding carboxylic acids is 1. The van der Waals surface area contributed by atoms with Gasteiger partial charge < -0.3 is 10.2 Å². The van der Waals surface area contributed by atoms with E-state index in [0.717, 1.165) is 31.5 Å². The Morgan fingerprint density at radius 3 is 2.63 bits per heavy atom. The number of likely N-dealkylation sites (tertiary alicyclic amines) is 1. The first kappa shape index (κ1) is 16.0. The van der Waals surface area contributed by atoms with Gasteiger partial charge in [0, 0.05) is 19.1 Å². The molecule has 1 saturated heterocycles. The molecule has 1 N–H and O–H groups in total. The van der Waals surface area contributed by atoms with Gasteiger partial charge in [-0.15, -0.1) is 12.4 Å². The zero-order valence-electron chi connectivity index (χ0n) is 11.6. The lowest BCUT2D eigenvalue weighted by Crippen LogP contribution is -2.36. The van der Waals surface area contributed by atoms with E-state index in [4.69, 9.17) is 0 Å². The predicted octanol–water partition coefficient (Wildman–Crippen LogP) is 2.42. The maximum atomic E-state index is 12.5. The quantitative estimate of drug-likeness (QED) is 0.920. The molecule has 2 rings (SSSR count). The molecule has 1 aliphatic heterocycles. The Kier molecular flexibility index (Phi) is 6.32. The third-order valence-corrected chi connectivity index (χ3v) is 3.82. The lowest BCUT2D eigenvalue weighted by Gasteiger charge is -2.23. The minimum atomic E-state index is 0. The molecule has 3 nitrogen and oxygen atoms in total. The molecular weight excluding hydrogens is 260 g/mol. The molecule has 1 aromatic rings. The van der Waals surface area contributed by atoms with E-state index in [0.29, 0.717) is 6.04 Å². The molecule has 2 atom stereocenters. The summed E-state index contributed by atoms with van der Waals surface area (Å²) in [5.74, 6) is 0.295. The Morgan fingerprint density at radius 2 is 2.11 bits per heavy atom. The number of carbonyl (C=O) groups is 1. The van der Waals surface area contributed by atoms with Crippen LogP contribution in [0.25, 0.3) is 0 Å². The summed E-state index contributed by atoms with van der Waals surface area (Å²) in [4.78, 5) is 14.5. The fourth-order valence-electron chi connectivity index (χ4n) is 2.65. The highest BCUT2D eigenvalue weighted by atomic mass is 35.5. The molecule has 0 aliphatic carbocycles. The van der Waals surface area contributed by atoms with Crippen molar-refractivity contribution in [3.63, 3.8) is 0 Å². The molecule has 1 aromatic carbocycles. The van der Waals surface area contributed by atoms with E-state index < -0.39 is 0 Å². The molecule has 0 saturated carbocycles. The highest BCUT2D eigenvalue weighted by Crippen LogP contribution is 2.24. The first-order valence-corrected chi connectivity index (χ1v) is 6.77. The summed E-state index contributed by atoms with van der Waals surface area (Å²) >= 11 is 0. The Bertz CT molecular complexity index is 396. The van der Waals surface area contributed by atoms with E-state index in [9.17, 15) is 4.79 Å². The largest absolute Gasteiger partial charge is 0.341 e. The SMILES string of the molecule is CCC(C(=O)N1CCC(NC)C1)c1ccccc1.Cl. The molecule has 0 aromatic heterocycles. The maximum Gasteiger partial charge on any atom is 0.230 e. The number of nitrogens with one attached hydrogen (secondary N) is 1. The Morgan fingerprint density at radius 1 is 1.42 bits per heavy atom. The molecule has 1 aliphatic rings. The Hall–Kier alpha value is -1.06. The monoisotopic (exact) mass is 282 g/mol. The number of amides is 1. The van der Waals surface area contributed by atoms with Gasteiger partial charge in [0.15, 0.2) is 0 Å². The van der Waals surface area contributed by atoms with Crippen molar-refractivity contribution >= 4 is 18.3 Å². The molecule has 106 valence electrons. The molecule has 19 heavy (non-hydrogen) atoms. The first-order chi connectivity index (χ1) is 8.76. The molecule has 1 fully saturated rings. The van der Waals surface area contributed by atoms with Crippen molar-refractivity contribution in [2.45, 2.75) is 31.7 Å². The number of likely N-dealkylation sites (N-methyl/N-ethyl adjacent to an activating group) is 1. The molecular formula is C15H23ClN2O. The summed E-state index contributed by atoms with van der Waals surface area (Å²) in [6, 6.07) is 10.6. The summed E-state index contributed by atoms with van der Waals surface area (Å²) in [7, 11) is 1.97. The van der Waals surface area contributed by atoms with Crippen LogP contribution in [0.15, 0.2) is 30.3 Å². The standard InChI is InChI=1S/C15H22N2O.ClH/c1-3-14(12-7-5-4-6-8-12)15(18)17-10-9-13(11-17)16-2;/h4-8,13-14,16H,3,9-11H2,1-2H3;1H. The van der Waals surface area contributed by atoms with Crippen LogP contribution in [-0.4, -0.2) is 37.0 Å². The van der Waals surface area contributed by atoms with Crippen molar-refractivity contribution in [2.75, 3.05) is 20.1 Å². The normalized spacial score (nSPS) is 19.9. The average Bonchev–Trinajstić information content (AvgIpc) is 2.89. The van der Waals surface area contributed by atoms with Crippen LogP contribution in [0.1, 0.15) is 31.2 Å². The van der Waals surface area contributed by atoms with E-state index in [1.807, 2.05) is 30.1 Å². The number of rotatable bonds is 4. The summed E-state index contributed by atoms with van der Waals surface area (Å²) in [5.41, 5.74) is 1.14. The number of benzene rings is 1. The Labute approximate surface area is 121 Å². The number of nitrogens with zero attached hydrogens (tertiary/aromatic N) is 1. The van der Waals surface area contributed by atoms with Crippen LogP contribution in [0.4, 0.5) is 0 Å². The summed E-state index contributed by atoms with van der Waals surface area (Å²) in [6.45, 7) is 3.81. The lowest BCUT2D eigenvalue weighted by atomic mass is 9.95. The highest BCUT2D eigenvalue weighted by Gasteiger charge is 2.29. The van der Waals surface area contributed by atoms with Crippen LogP contribution in [0.5, 0.6) is 0 Å². The molecule has 1 heterocycles. The van der Waals surface area contributed by atoms with Gasteiger partial charge in [0.05, 0.1) is 5.92 Å². The third-order valence-electron chi connectivity index (χ3n) is 3.82. The van der Waals surface area contributed by atoms with Gasteiger partial charge in [0.25, 0.3) is 0 Å². The third kappa shape index (κ3) is 3.71. The van der Waals surface area contributed by atoms with E-state index >= 15 is 0 Å². The smallest absolute Gasteiger partial charge is 0.230 e. The molecule has 4 heteroatoms. The highest BCUT2D eigenvalue weighted by molar-refractivity contribution is 5.85. The molecule has 0 bridgehead atoms. The van der Waals surface area contributed by atoms with E-state index in [-0.39, 0.29) is 24.2 Å². The van der Waals surface area contributed by atoms with Crippen LogP contribution < -0.4 is 5.32 Å². The van der Waals surface area contributed by atoms with Crippen LogP contribution in [0.3, 0.4) is 0 Å². The zero-order valence-corrected chi connectivity index (χ0v) is 12.5. The van der Waals surface area contributed by atoms with Gasteiger partial charge in [-0.2, -0.15) is 0 Å². The van der Waals surface area contributed by atoms with E-state index in [1.165, 1.54) is 0 Å². The lowest BCUT2D eigenvalue weighted by molar-refractivity contribution is -0.131. The van der Waals surface area contributed by atoms with Gasteiger partial charge >= 0.3 is 0 Å². The van der Waals surface area contributed by atoms with Crippen LogP contribution in [0, 0.1) is 0 Å². The van der Waals surface area contributed by atoms with Gasteiger partial charge in [0.1, 0.15) is 0 Å². The van der Waals surface area contributed by atoms with E-state index in [1.54, 1.807) is 0 Å². The number of hydrogen-bond acceptors (Lipinski definition) is 2. The molecule has 2 unspecified atom stereocenters. The minimum Gasteiger partial charge on any atom is -0.341 e. The van der Waals surface area contributed by atoms with Crippen LogP contribution in [-0.2, 0) is 4.79 Å². The first-order valence-electron chi connectivity index (χ1n) is 6.77. The summed E-state index contributed by atoms with van der Waals surface area (Å²) < 4.78 is 0. The van der Waals surface area contributed by atoms with Gasteiger partial charge in [-0.3, -0.25) is 4.79 Å². The summed E-state index contributed by atoms with van der Waals surface area (Å²) in [5, 5.41) is 3.25. The summed E-state index contributed by atoms with van der Waals surface area (Å²) in [6.07, 6.45) is 1.93.